The van der Waals surface area contributed by atoms with Crippen molar-refractivity contribution in [3.8, 4) is 0 Å². The molecule has 0 saturated heterocycles. The standard InChI is InChI=1S/C11H14N4O/c1-8(2)10-3-11(15-16-10)14-6-9-4-12-7-13-5-9/h3-5,7-8H,6H2,1-2H3,(H,14,15). The third-order valence-electron chi connectivity index (χ3n) is 2.19. The van der Waals surface area contributed by atoms with Crippen molar-refractivity contribution in [3.63, 3.8) is 0 Å². The van der Waals surface area contributed by atoms with Crippen LogP contribution in [0.15, 0.2) is 29.3 Å². The summed E-state index contributed by atoms with van der Waals surface area (Å²) in [4.78, 5) is 7.87. The Bertz CT molecular complexity index is 438. The Morgan fingerprint density at radius 2 is 2.06 bits per heavy atom. The molecule has 16 heavy (non-hydrogen) atoms. The van der Waals surface area contributed by atoms with E-state index < -0.39 is 0 Å². The van der Waals surface area contributed by atoms with Gasteiger partial charge >= 0.3 is 0 Å². The Labute approximate surface area is 93.9 Å². The van der Waals surface area contributed by atoms with Crippen LogP contribution in [0.1, 0.15) is 31.1 Å². The zero-order valence-electron chi connectivity index (χ0n) is 9.34. The van der Waals surface area contributed by atoms with E-state index in [-0.39, 0.29) is 0 Å². The summed E-state index contributed by atoms with van der Waals surface area (Å²) >= 11 is 0. The van der Waals surface area contributed by atoms with Gasteiger partial charge in [-0.1, -0.05) is 19.0 Å². The molecule has 84 valence electrons. The molecule has 2 rings (SSSR count). The molecule has 0 unspecified atom stereocenters. The van der Waals surface area contributed by atoms with E-state index in [1.54, 1.807) is 12.4 Å². The molecule has 2 aromatic heterocycles. The van der Waals surface area contributed by atoms with Crippen LogP contribution in [0.4, 0.5) is 5.82 Å². The van der Waals surface area contributed by atoms with Gasteiger partial charge in [0.05, 0.1) is 0 Å². The minimum absolute atomic E-state index is 0.350. The van der Waals surface area contributed by atoms with Gasteiger partial charge in [-0.3, -0.25) is 0 Å². The molecule has 5 nitrogen and oxygen atoms in total. The first-order chi connectivity index (χ1) is 7.75. The van der Waals surface area contributed by atoms with Crippen molar-refractivity contribution in [1.29, 1.82) is 0 Å². The second kappa shape index (κ2) is 4.74. The van der Waals surface area contributed by atoms with Gasteiger partial charge in [0.25, 0.3) is 0 Å². The summed E-state index contributed by atoms with van der Waals surface area (Å²) in [5.74, 6) is 1.97. The quantitative estimate of drug-likeness (QED) is 0.852. The molecule has 0 atom stereocenters. The van der Waals surface area contributed by atoms with E-state index in [1.807, 2.05) is 6.07 Å². The van der Waals surface area contributed by atoms with Crippen molar-refractivity contribution in [2.24, 2.45) is 0 Å². The fraction of sp³-hybridized carbons (Fsp3) is 0.364. The highest BCUT2D eigenvalue weighted by molar-refractivity contribution is 5.35. The van der Waals surface area contributed by atoms with Gasteiger partial charge in [0, 0.05) is 36.5 Å². The number of rotatable bonds is 4. The lowest BCUT2D eigenvalue weighted by Crippen LogP contribution is -2.00. The molecular formula is C11H14N4O. The topological polar surface area (TPSA) is 63.8 Å². The predicted octanol–water partition coefficient (Wildman–Crippen LogP) is 2.20. The molecule has 0 amide bonds. The van der Waals surface area contributed by atoms with E-state index in [0.29, 0.717) is 12.5 Å². The zero-order chi connectivity index (χ0) is 11.4. The van der Waals surface area contributed by atoms with Crippen LogP contribution in [0.25, 0.3) is 0 Å². The molecule has 5 heteroatoms. The lowest BCUT2D eigenvalue weighted by molar-refractivity contribution is 0.373. The molecule has 0 spiro atoms. The smallest absolute Gasteiger partial charge is 0.169 e. The molecular weight excluding hydrogens is 204 g/mol. The van der Waals surface area contributed by atoms with Crippen molar-refractivity contribution in [2.75, 3.05) is 5.32 Å². The summed E-state index contributed by atoms with van der Waals surface area (Å²) < 4.78 is 5.17. The number of aromatic nitrogens is 3. The maximum Gasteiger partial charge on any atom is 0.169 e. The first-order valence-electron chi connectivity index (χ1n) is 5.20. The van der Waals surface area contributed by atoms with E-state index in [1.165, 1.54) is 6.33 Å². The predicted molar refractivity (Wildman–Crippen MR) is 60.0 cm³/mol. The van der Waals surface area contributed by atoms with Gasteiger partial charge in [-0.25, -0.2) is 9.97 Å². The highest BCUT2D eigenvalue weighted by atomic mass is 16.5. The first kappa shape index (κ1) is 10.6. The lowest BCUT2D eigenvalue weighted by atomic mass is 10.2. The number of nitrogens with zero attached hydrogens (tertiary/aromatic N) is 3. The molecule has 0 fully saturated rings. The molecule has 0 radical (unpaired) electrons. The molecule has 2 heterocycles. The van der Waals surface area contributed by atoms with Crippen LogP contribution in [0.5, 0.6) is 0 Å². The van der Waals surface area contributed by atoms with Crippen molar-refractivity contribution < 1.29 is 4.52 Å². The molecule has 0 aliphatic carbocycles. The number of anilines is 1. The first-order valence-corrected chi connectivity index (χ1v) is 5.20. The highest BCUT2D eigenvalue weighted by Crippen LogP contribution is 2.17. The van der Waals surface area contributed by atoms with Crippen LogP contribution >= 0.6 is 0 Å². The molecule has 0 bridgehead atoms. The Kier molecular flexibility index (Phi) is 3.14. The van der Waals surface area contributed by atoms with Crippen molar-refractivity contribution in [2.45, 2.75) is 26.3 Å². The fourth-order valence-corrected chi connectivity index (χ4v) is 1.26. The van der Waals surface area contributed by atoms with Crippen LogP contribution in [-0.2, 0) is 6.54 Å². The van der Waals surface area contributed by atoms with Crippen LogP contribution < -0.4 is 5.32 Å². The Morgan fingerprint density at radius 1 is 1.31 bits per heavy atom. The van der Waals surface area contributed by atoms with Gasteiger partial charge in [-0.05, 0) is 0 Å². The maximum absolute atomic E-state index is 5.17. The lowest BCUT2D eigenvalue weighted by Gasteiger charge is -2.00. The minimum atomic E-state index is 0.350. The summed E-state index contributed by atoms with van der Waals surface area (Å²) in [5, 5.41) is 7.08. The molecule has 0 aromatic carbocycles. The van der Waals surface area contributed by atoms with Gasteiger partial charge in [0.1, 0.15) is 12.1 Å². The largest absolute Gasteiger partial charge is 0.363 e. The highest BCUT2D eigenvalue weighted by Gasteiger charge is 2.07. The van der Waals surface area contributed by atoms with Gasteiger partial charge in [0.15, 0.2) is 5.82 Å². The van der Waals surface area contributed by atoms with Gasteiger partial charge in [-0.15, -0.1) is 0 Å². The summed E-state index contributed by atoms with van der Waals surface area (Å²) in [6, 6.07) is 1.91. The third kappa shape index (κ3) is 2.56. The van der Waals surface area contributed by atoms with Crippen LogP contribution in [0.3, 0.4) is 0 Å². The molecule has 2 aromatic rings. The van der Waals surface area contributed by atoms with E-state index in [2.05, 4.69) is 34.3 Å². The zero-order valence-corrected chi connectivity index (χ0v) is 9.34. The van der Waals surface area contributed by atoms with Gasteiger partial charge in [0.2, 0.25) is 0 Å². The molecule has 0 aliphatic heterocycles. The average Bonchev–Trinajstić information content (AvgIpc) is 2.76. The Hall–Kier alpha value is -1.91. The maximum atomic E-state index is 5.17. The van der Waals surface area contributed by atoms with Crippen LogP contribution in [0.2, 0.25) is 0 Å². The molecule has 1 N–H and O–H groups in total. The Morgan fingerprint density at radius 3 is 2.69 bits per heavy atom. The number of hydrogen-bond donors (Lipinski definition) is 1. The van der Waals surface area contributed by atoms with Crippen LogP contribution in [-0.4, -0.2) is 15.1 Å². The normalized spacial score (nSPS) is 10.7. The second-order valence-electron chi connectivity index (χ2n) is 3.87. The van der Waals surface area contributed by atoms with Crippen molar-refractivity contribution in [1.82, 2.24) is 15.1 Å². The fourth-order valence-electron chi connectivity index (χ4n) is 1.26. The third-order valence-corrected chi connectivity index (χ3v) is 2.19. The Balaban J connectivity index is 1.95. The number of hydrogen-bond acceptors (Lipinski definition) is 5. The minimum Gasteiger partial charge on any atom is -0.363 e. The summed E-state index contributed by atoms with van der Waals surface area (Å²) in [5.41, 5.74) is 1.01. The average molecular weight is 218 g/mol. The van der Waals surface area contributed by atoms with Gasteiger partial charge in [-0.2, -0.15) is 0 Å². The molecule has 0 aliphatic rings. The van der Waals surface area contributed by atoms with Crippen molar-refractivity contribution in [3.05, 3.63) is 36.1 Å². The van der Waals surface area contributed by atoms with E-state index in [9.17, 15) is 0 Å². The molecule has 0 saturated carbocycles. The monoisotopic (exact) mass is 218 g/mol. The van der Waals surface area contributed by atoms with Gasteiger partial charge < -0.3 is 9.84 Å². The van der Waals surface area contributed by atoms with Crippen LogP contribution in [0, 0.1) is 0 Å². The summed E-state index contributed by atoms with van der Waals surface area (Å²) in [6.07, 6.45) is 5.04. The SMILES string of the molecule is CC(C)c1cc(NCc2cncnc2)no1. The summed E-state index contributed by atoms with van der Waals surface area (Å²) in [6.45, 7) is 4.77. The van der Waals surface area contributed by atoms with E-state index in [4.69, 9.17) is 4.52 Å². The van der Waals surface area contributed by atoms with E-state index in [0.717, 1.165) is 17.1 Å². The second-order valence-corrected chi connectivity index (χ2v) is 3.87. The van der Waals surface area contributed by atoms with E-state index >= 15 is 0 Å². The number of nitrogens with one attached hydrogen (secondary N) is 1. The summed E-state index contributed by atoms with van der Waals surface area (Å²) in [7, 11) is 0. The van der Waals surface area contributed by atoms with Crippen molar-refractivity contribution >= 4 is 5.82 Å².